The van der Waals surface area contributed by atoms with Gasteiger partial charge in [0.2, 0.25) is 0 Å². The van der Waals surface area contributed by atoms with Crippen molar-refractivity contribution < 1.29 is 19.8 Å². The number of carbonyl (C=O) groups is 2. The van der Waals surface area contributed by atoms with E-state index in [9.17, 15) is 9.59 Å². The number of nitrogens with one attached hydrogen (secondary N) is 1. The van der Waals surface area contributed by atoms with E-state index in [2.05, 4.69) is 5.32 Å². The first-order valence-electron chi connectivity index (χ1n) is 5.50. The molecule has 0 saturated carbocycles. The van der Waals surface area contributed by atoms with E-state index < -0.39 is 24.6 Å². The molecule has 0 radical (unpaired) electrons. The van der Waals surface area contributed by atoms with Gasteiger partial charge in [-0.05, 0) is 18.4 Å². The Bertz CT molecular complexity index is 394. The number of carbonyl (C=O) groups excluding carboxylic acids is 1. The van der Waals surface area contributed by atoms with Gasteiger partial charge in [0.05, 0.1) is 13.2 Å². The van der Waals surface area contributed by atoms with Crippen LogP contribution in [-0.2, 0) is 11.3 Å². The number of urea groups is 1. The third-order valence-corrected chi connectivity index (χ3v) is 3.24. The Morgan fingerprint density at radius 1 is 1.56 bits per heavy atom. The van der Waals surface area contributed by atoms with E-state index in [-0.39, 0.29) is 0 Å². The Balaban J connectivity index is 2.59. The average Bonchev–Trinajstić information content (AvgIpc) is 2.85. The molecule has 0 aromatic carbocycles. The number of aliphatic carboxylic acids is 1. The molecule has 1 heterocycles. The smallest absolute Gasteiger partial charge is 0.328 e. The van der Waals surface area contributed by atoms with Gasteiger partial charge in [-0.15, -0.1) is 11.3 Å². The molecule has 100 valence electrons. The van der Waals surface area contributed by atoms with Gasteiger partial charge in [-0.3, -0.25) is 0 Å². The van der Waals surface area contributed by atoms with Crippen molar-refractivity contribution in [3.63, 3.8) is 0 Å². The van der Waals surface area contributed by atoms with E-state index in [1.807, 2.05) is 24.4 Å². The molecule has 0 aliphatic rings. The van der Waals surface area contributed by atoms with Crippen LogP contribution >= 0.6 is 11.3 Å². The Morgan fingerprint density at radius 2 is 2.28 bits per heavy atom. The van der Waals surface area contributed by atoms with Crippen LogP contribution < -0.4 is 5.32 Å². The first-order valence-corrected chi connectivity index (χ1v) is 6.38. The van der Waals surface area contributed by atoms with Crippen molar-refractivity contribution in [2.45, 2.75) is 19.5 Å². The largest absolute Gasteiger partial charge is 0.480 e. The molecule has 0 fully saturated rings. The molecule has 18 heavy (non-hydrogen) atoms. The molecule has 3 N–H and O–H groups in total. The highest BCUT2D eigenvalue weighted by Gasteiger charge is 2.21. The van der Waals surface area contributed by atoms with Crippen LogP contribution in [0.25, 0.3) is 0 Å². The molecular weight excluding hydrogens is 256 g/mol. The molecule has 1 rings (SSSR count). The second-order valence-corrected chi connectivity index (χ2v) is 4.65. The summed E-state index contributed by atoms with van der Waals surface area (Å²) in [4.78, 5) is 25.0. The number of hydrogen-bond donors (Lipinski definition) is 3. The number of hydrogen-bond acceptors (Lipinski definition) is 4. The third-order valence-electron chi connectivity index (χ3n) is 2.37. The van der Waals surface area contributed by atoms with Crippen molar-refractivity contribution >= 4 is 23.3 Å². The van der Waals surface area contributed by atoms with Crippen molar-refractivity contribution in [1.82, 2.24) is 10.2 Å². The van der Waals surface area contributed by atoms with Crippen LogP contribution in [0.5, 0.6) is 0 Å². The highest BCUT2D eigenvalue weighted by atomic mass is 32.1. The summed E-state index contributed by atoms with van der Waals surface area (Å²) in [5.74, 6) is -1.25. The summed E-state index contributed by atoms with van der Waals surface area (Å²) >= 11 is 1.53. The van der Waals surface area contributed by atoms with Crippen LogP contribution in [0.15, 0.2) is 17.5 Å². The molecule has 0 unspecified atom stereocenters. The zero-order valence-corrected chi connectivity index (χ0v) is 10.8. The minimum absolute atomic E-state index is 0.428. The third kappa shape index (κ3) is 4.01. The average molecular weight is 272 g/mol. The van der Waals surface area contributed by atoms with E-state index in [1.165, 1.54) is 16.2 Å². The van der Waals surface area contributed by atoms with Crippen LogP contribution in [-0.4, -0.2) is 46.3 Å². The molecule has 7 heteroatoms. The first-order chi connectivity index (χ1) is 8.58. The summed E-state index contributed by atoms with van der Waals surface area (Å²) in [5.41, 5.74) is 0. The molecule has 0 saturated heterocycles. The zero-order valence-electron chi connectivity index (χ0n) is 10.00. The fourth-order valence-corrected chi connectivity index (χ4v) is 2.06. The maximum atomic E-state index is 11.8. The number of nitrogens with zero attached hydrogens (tertiary/aromatic N) is 1. The molecule has 0 aliphatic carbocycles. The quantitative estimate of drug-likeness (QED) is 0.712. The number of aliphatic hydroxyl groups is 1. The number of aliphatic hydroxyl groups excluding tert-OH is 1. The molecule has 0 aliphatic heterocycles. The molecule has 6 nitrogen and oxygen atoms in total. The van der Waals surface area contributed by atoms with Gasteiger partial charge < -0.3 is 20.4 Å². The number of rotatable bonds is 6. The Morgan fingerprint density at radius 3 is 2.72 bits per heavy atom. The predicted octanol–water partition coefficient (Wildman–Crippen LogP) is 0.725. The maximum Gasteiger partial charge on any atom is 0.328 e. The van der Waals surface area contributed by atoms with Gasteiger partial charge in [-0.2, -0.15) is 0 Å². The summed E-state index contributed by atoms with van der Waals surface area (Å²) in [6.45, 7) is 2.07. The maximum absolute atomic E-state index is 11.8. The second-order valence-electron chi connectivity index (χ2n) is 3.62. The lowest BCUT2D eigenvalue weighted by atomic mass is 10.3. The van der Waals surface area contributed by atoms with Gasteiger partial charge in [-0.25, -0.2) is 9.59 Å². The Hall–Kier alpha value is -1.60. The lowest BCUT2D eigenvalue weighted by Crippen LogP contribution is -2.49. The monoisotopic (exact) mass is 272 g/mol. The van der Waals surface area contributed by atoms with Crippen LogP contribution in [0.4, 0.5) is 4.79 Å². The minimum Gasteiger partial charge on any atom is -0.480 e. The zero-order chi connectivity index (χ0) is 13.5. The van der Waals surface area contributed by atoms with E-state index in [1.54, 1.807) is 0 Å². The summed E-state index contributed by atoms with van der Waals surface area (Å²) < 4.78 is 0. The summed E-state index contributed by atoms with van der Waals surface area (Å²) in [5, 5.41) is 21.8. The second kappa shape index (κ2) is 6.97. The number of thiophene rings is 1. The van der Waals surface area contributed by atoms with Crippen molar-refractivity contribution in [2.24, 2.45) is 0 Å². The molecule has 0 spiro atoms. The fraction of sp³-hybridized carbons (Fsp3) is 0.455. The lowest BCUT2D eigenvalue weighted by Gasteiger charge is -2.22. The van der Waals surface area contributed by atoms with Gasteiger partial charge in [-0.1, -0.05) is 6.07 Å². The van der Waals surface area contributed by atoms with Crippen molar-refractivity contribution in [1.29, 1.82) is 0 Å². The van der Waals surface area contributed by atoms with Gasteiger partial charge in [0.25, 0.3) is 0 Å². The molecular formula is C11H16N2O4S. The lowest BCUT2D eigenvalue weighted by molar-refractivity contribution is -0.140. The highest BCUT2D eigenvalue weighted by Crippen LogP contribution is 2.11. The Kier molecular flexibility index (Phi) is 5.60. The SMILES string of the molecule is CCN(Cc1cccs1)C(=O)N[C@@H](CO)C(=O)O. The fourth-order valence-electron chi connectivity index (χ4n) is 1.34. The van der Waals surface area contributed by atoms with Gasteiger partial charge in [0.1, 0.15) is 0 Å². The summed E-state index contributed by atoms with van der Waals surface area (Å²) in [6, 6.07) is 2.03. The van der Waals surface area contributed by atoms with E-state index in [0.717, 1.165) is 4.88 Å². The Labute approximate surface area is 109 Å². The minimum atomic E-state index is -1.27. The standard InChI is InChI=1S/C11H16N2O4S/c1-2-13(6-8-4-3-5-18-8)11(17)12-9(7-14)10(15)16/h3-5,9,14H,2,6-7H2,1H3,(H,12,17)(H,15,16)/t9-/m0/s1. The van der Waals surface area contributed by atoms with Crippen LogP contribution in [0, 0.1) is 0 Å². The van der Waals surface area contributed by atoms with Gasteiger partial charge in [0.15, 0.2) is 6.04 Å². The van der Waals surface area contributed by atoms with Crippen molar-refractivity contribution in [3.8, 4) is 0 Å². The molecule has 1 atom stereocenters. The van der Waals surface area contributed by atoms with E-state index in [4.69, 9.17) is 10.2 Å². The van der Waals surface area contributed by atoms with E-state index in [0.29, 0.717) is 13.1 Å². The van der Waals surface area contributed by atoms with Gasteiger partial charge in [0, 0.05) is 11.4 Å². The van der Waals surface area contributed by atoms with E-state index >= 15 is 0 Å². The number of amides is 2. The molecule has 1 aromatic rings. The van der Waals surface area contributed by atoms with Gasteiger partial charge >= 0.3 is 12.0 Å². The summed E-state index contributed by atoms with van der Waals surface area (Å²) in [6.07, 6.45) is 0. The highest BCUT2D eigenvalue weighted by molar-refractivity contribution is 7.09. The topological polar surface area (TPSA) is 89.9 Å². The normalized spacial score (nSPS) is 11.9. The van der Waals surface area contributed by atoms with Crippen molar-refractivity contribution in [3.05, 3.63) is 22.4 Å². The number of carboxylic acid groups (broad SMARTS) is 1. The van der Waals surface area contributed by atoms with Crippen LogP contribution in [0.3, 0.4) is 0 Å². The predicted molar refractivity (Wildman–Crippen MR) is 67.4 cm³/mol. The van der Waals surface area contributed by atoms with Crippen LogP contribution in [0.2, 0.25) is 0 Å². The number of carboxylic acids is 1. The van der Waals surface area contributed by atoms with Crippen LogP contribution in [0.1, 0.15) is 11.8 Å². The first kappa shape index (κ1) is 14.5. The summed E-state index contributed by atoms with van der Waals surface area (Å²) in [7, 11) is 0. The molecule has 2 amide bonds. The van der Waals surface area contributed by atoms with Crippen molar-refractivity contribution in [2.75, 3.05) is 13.2 Å². The molecule has 0 bridgehead atoms. The molecule has 1 aromatic heterocycles.